The number of benzene rings is 8. The van der Waals surface area contributed by atoms with Crippen LogP contribution in [-0.4, -0.2) is 166 Å². The Bertz CT molecular complexity index is 4530. The third-order valence-corrected chi connectivity index (χ3v) is 19.6. The minimum atomic E-state index is -4.80. The highest BCUT2D eigenvalue weighted by atomic mass is 35.5. The number of halogens is 4. The van der Waals surface area contributed by atoms with Crippen molar-refractivity contribution in [2.45, 2.75) is 215 Å². The Kier molecular flexibility index (Phi) is 45.1. The normalized spacial score (nSPS) is 10.9. The summed E-state index contributed by atoms with van der Waals surface area (Å²) in [7, 11) is 5.54. The number of para-hydroxylation sites is 4. The number of carboxylic acids is 4. The predicted octanol–water partition coefficient (Wildman–Crippen LogP) is 20.7. The zero-order valence-electron chi connectivity index (χ0n) is 72.5. The number of anilines is 1. The number of aliphatic carboxylic acids is 4. The number of ether oxygens (including phenoxy) is 6. The van der Waals surface area contributed by atoms with E-state index in [0.717, 1.165) is 102 Å². The second-order valence-corrected chi connectivity index (χ2v) is 30.9. The molecule has 0 unspecified atom stereocenters. The number of amides is 4. The number of carbonyl (C=O) groups excluding carboxylic acids is 4. The predicted molar refractivity (Wildman–Crippen MR) is 471 cm³/mol. The number of hydrogen-bond donors (Lipinski definition) is 4. The number of nitrogens with zero attached hydrogens (tertiary/aromatic N) is 5. The van der Waals surface area contributed by atoms with E-state index in [4.69, 9.17) is 55.7 Å². The number of rotatable bonds is 47. The first-order valence-electron chi connectivity index (χ1n) is 41.6. The van der Waals surface area contributed by atoms with Gasteiger partial charge in [-0.2, -0.15) is 0 Å². The van der Waals surface area contributed by atoms with Crippen molar-refractivity contribution >= 4 is 64.8 Å². The van der Waals surface area contributed by atoms with Crippen LogP contribution in [0.4, 0.5) is 18.9 Å². The molecule has 0 atom stereocenters. The molecule has 4 amide bonds. The molecule has 0 heterocycles. The van der Waals surface area contributed by atoms with Gasteiger partial charge < -0.3 is 73.3 Å². The molecular formula is C96H121ClF3N5O18. The Balaban J connectivity index is 0.000000292. The topological polar surface area (TPSA) is 289 Å². The van der Waals surface area contributed by atoms with Crippen LogP contribution in [0.5, 0.6) is 34.5 Å². The van der Waals surface area contributed by atoms with Gasteiger partial charge in [-0.25, -0.2) is 0 Å². The Morgan fingerprint density at radius 1 is 0.333 bits per heavy atom. The minimum absolute atomic E-state index is 0.0104. The summed E-state index contributed by atoms with van der Waals surface area (Å²) >= 11 is 5.93. The Labute approximate surface area is 726 Å². The van der Waals surface area contributed by atoms with E-state index in [0.29, 0.717) is 111 Å². The maximum atomic E-state index is 13.2. The van der Waals surface area contributed by atoms with Crippen molar-refractivity contribution in [3.8, 4) is 34.5 Å². The lowest BCUT2D eigenvalue weighted by molar-refractivity contribution is -0.274. The lowest BCUT2D eigenvalue weighted by Gasteiger charge is -2.28. The third kappa shape index (κ3) is 38.4. The number of carboxylic acid groups (broad SMARTS) is 4. The van der Waals surface area contributed by atoms with E-state index in [2.05, 4.69) is 4.74 Å². The molecule has 8 aromatic rings. The molecule has 0 fully saturated rings. The van der Waals surface area contributed by atoms with Crippen molar-refractivity contribution < 1.29 is 100 Å². The fourth-order valence-electron chi connectivity index (χ4n) is 12.4. The molecule has 4 N–H and O–H groups in total. The van der Waals surface area contributed by atoms with Gasteiger partial charge in [-0.1, -0.05) is 84.4 Å². The molecule has 8 rings (SSSR count). The van der Waals surface area contributed by atoms with Crippen LogP contribution in [0.25, 0.3) is 0 Å². The van der Waals surface area contributed by atoms with E-state index < -0.39 is 36.0 Å². The van der Waals surface area contributed by atoms with Gasteiger partial charge in [-0.3, -0.25) is 38.4 Å². The largest absolute Gasteiger partial charge is 0.573 e. The molecule has 27 heteroatoms. The first-order chi connectivity index (χ1) is 58.7. The average Bonchev–Trinajstić information content (AvgIpc) is 0.846. The standard InChI is InChI=1S/C25H34N2O4.C24H28F3NO5.C24H31NO5.C23H28ClNO4/c1-19(2)27(25(30)20-13-15-22(16-14-20)26(3)4)18-21-10-7-8-11-23(21)31-17-9-5-6-12-24(28)29;1-17(2)28(23(31)18-11-13-20(14-12-18)33-24(25,26)27)16-19-8-5-6-9-21(19)32-15-7-3-4-10-22(29)30;1-18(2)25(24(28)19-12-14-21(29-3)15-13-19)17-20-9-6-7-10-22(20)30-16-8-4-5-11-23(26)27;1-17(2)25(23(28)18-11-13-20(24)14-12-18)16-19-8-5-6-9-21(19)29-15-7-3-4-10-22(26)27/h7-8,10-11,13-16,19H,5-6,9,12,17-18H2,1-4H3,(H,28,29);5-6,8-9,11-14,17H,3-4,7,10,15-16H2,1-2H3,(H,29,30);6-7,9-10,12-15,18H,4-5,8,11,16-17H2,1-3H3,(H,26,27);5-6,8-9,11-14,17H,3-4,7,10,15-16H2,1-2H3,(H,26,27). The van der Waals surface area contributed by atoms with Crippen LogP contribution < -0.4 is 33.3 Å². The quantitative estimate of drug-likeness (QED) is 0.0258. The van der Waals surface area contributed by atoms with Gasteiger partial charge in [-0.15, -0.1) is 13.2 Å². The van der Waals surface area contributed by atoms with Crippen LogP contribution in [0.15, 0.2) is 194 Å². The zero-order chi connectivity index (χ0) is 90.4. The smallest absolute Gasteiger partial charge is 0.497 e. The first kappa shape index (κ1) is 102. The molecule has 0 radical (unpaired) electrons. The summed E-state index contributed by atoms with van der Waals surface area (Å²) in [5, 5.41) is 35.4. The Morgan fingerprint density at radius 2 is 0.569 bits per heavy atom. The van der Waals surface area contributed by atoms with Gasteiger partial charge in [0.1, 0.15) is 34.5 Å². The summed E-state index contributed by atoms with van der Waals surface area (Å²) in [6.45, 7) is 19.3. The number of alkyl halides is 3. The van der Waals surface area contributed by atoms with Crippen molar-refractivity contribution in [3.05, 3.63) is 244 Å². The molecular weight excluding hydrogens is 1600 g/mol. The lowest BCUT2D eigenvalue weighted by atomic mass is 10.1. The van der Waals surface area contributed by atoms with E-state index in [1.807, 2.05) is 199 Å². The first-order valence-corrected chi connectivity index (χ1v) is 42.0. The summed E-state index contributed by atoms with van der Waals surface area (Å²) < 4.78 is 69.8. The highest BCUT2D eigenvalue weighted by Gasteiger charge is 2.32. The van der Waals surface area contributed by atoms with E-state index >= 15 is 0 Å². The molecule has 666 valence electrons. The van der Waals surface area contributed by atoms with Crippen LogP contribution >= 0.6 is 11.6 Å². The third-order valence-electron chi connectivity index (χ3n) is 19.4. The van der Waals surface area contributed by atoms with Crippen LogP contribution in [0.1, 0.15) is 222 Å². The average molecular weight is 1730 g/mol. The van der Waals surface area contributed by atoms with Crippen molar-refractivity contribution in [2.24, 2.45) is 0 Å². The van der Waals surface area contributed by atoms with Crippen molar-refractivity contribution in [3.63, 3.8) is 0 Å². The van der Waals surface area contributed by atoms with Gasteiger partial charge in [-0.05, 0) is 254 Å². The summed E-state index contributed by atoms with van der Waals surface area (Å²) in [5.41, 5.74) is 6.80. The molecule has 0 aromatic heterocycles. The molecule has 0 saturated heterocycles. The molecule has 0 aliphatic rings. The molecule has 0 aliphatic heterocycles. The second kappa shape index (κ2) is 54.6. The maximum Gasteiger partial charge on any atom is 0.573 e. The van der Waals surface area contributed by atoms with Gasteiger partial charge >= 0.3 is 30.2 Å². The number of hydrogen-bond acceptors (Lipinski definition) is 15. The lowest BCUT2D eigenvalue weighted by Crippen LogP contribution is -2.36. The molecule has 0 aliphatic carbocycles. The van der Waals surface area contributed by atoms with E-state index in [9.17, 15) is 51.5 Å². The van der Waals surface area contributed by atoms with Crippen LogP contribution in [-0.2, 0) is 45.4 Å². The number of carbonyl (C=O) groups is 8. The molecule has 123 heavy (non-hydrogen) atoms. The maximum absolute atomic E-state index is 13.2. The van der Waals surface area contributed by atoms with Crippen LogP contribution in [0.3, 0.4) is 0 Å². The van der Waals surface area contributed by atoms with Gasteiger partial charge in [0.25, 0.3) is 23.6 Å². The fraction of sp³-hybridized carbons (Fsp3) is 0.417. The molecule has 0 bridgehead atoms. The molecule has 8 aromatic carbocycles. The van der Waals surface area contributed by atoms with Crippen LogP contribution in [0.2, 0.25) is 5.02 Å². The monoisotopic (exact) mass is 1720 g/mol. The fourth-order valence-corrected chi connectivity index (χ4v) is 12.6. The Hall–Kier alpha value is -11.8. The molecule has 0 spiro atoms. The highest BCUT2D eigenvalue weighted by Crippen LogP contribution is 2.30. The number of unbranched alkanes of at least 4 members (excludes halogenated alkanes) is 8. The van der Waals surface area contributed by atoms with E-state index in [-0.39, 0.29) is 85.6 Å². The van der Waals surface area contributed by atoms with Crippen molar-refractivity contribution in [1.82, 2.24) is 19.6 Å². The van der Waals surface area contributed by atoms with Gasteiger partial charge in [0, 0.05) is 145 Å². The van der Waals surface area contributed by atoms with Crippen molar-refractivity contribution in [1.29, 1.82) is 0 Å². The number of methoxy groups -OCH3 is 1. The summed E-state index contributed by atoms with van der Waals surface area (Å²) in [5.74, 6) is -0.334. The summed E-state index contributed by atoms with van der Waals surface area (Å²) in [6.07, 6.45) is 4.70. The summed E-state index contributed by atoms with van der Waals surface area (Å²) in [4.78, 5) is 104. The minimum Gasteiger partial charge on any atom is -0.497 e. The zero-order valence-corrected chi connectivity index (χ0v) is 73.3. The van der Waals surface area contributed by atoms with Crippen molar-refractivity contribution in [2.75, 3.05) is 52.5 Å². The van der Waals surface area contributed by atoms with Gasteiger partial charge in [0.15, 0.2) is 0 Å². The second-order valence-electron chi connectivity index (χ2n) is 30.5. The van der Waals surface area contributed by atoms with Gasteiger partial charge in [0.2, 0.25) is 0 Å². The Morgan fingerprint density at radius 3 is 0.797 bits per heavy atom. The van der Waals surface area contributed by atoms with E-state index in [1.165, 1.54) is 12.1 Å². The van der Waals surface area contributed by atoms with Gasteiger partial charge in [0.05, 0.1) is 33.5 Å². The summed E-state index contributed by atoms with van der Waals surface area (Å²) in [6, 6.07) is 56.9. The molecule has 0 saturated carbocycles. The van der Waals surface area contributed by atoms with Crippen LogP contribution in [0, 0.1) is 0 Å². The SMILES string of the molecule is CC(C)N(Cc1ccccc1OCCCCCC(=O)O)C(=O)c1ccc(Cl)cc1.CC(C)N(Cc1ccccc1OCCCCCC(=O)O)C(=O)c1ccc(N(C)C)cc1.CC(C)N(Cc1ccccc1OCCCCCC(=O)O)C(=O)c1ccc(OC(F)(F)F)cc1.COc1ccc(C(=O)N(Cc2ccccc2OCCCCCC(=O)O)C(C)C)cc1. The molecule has 23 nitrogen and oxygen atoms in total. The van der Waals surface area contributed by atoms with E-state index in [1.54, 1.807) is 71.5 Å². The highest BCUT2D eigenvalue weighted by molar-refractivity contribution is 6.30.